The lowest BCUT2D eigenvalue weighted by molar-refractivity contribution is 0.0177. The molecule has 2 aliphatic rings. The van der Waals surface area contributed by atoms with Crippen LogP contribution in [0.25, 0.3) is 0 Å². The van der Waals surface area contributed by atoms with E-state index in [1.807, 2.05) is 0 Å². The van der Waals surface area contributed by atoms with E-state index in [4.69, 9.17) is 10.5 Å². The molecule has 7 nitrogen and oxygen atoms in total. The number of aromatic nitrogens is 1. The monoisotopic (exact) mass is 406 g/mol. The Hall–Kier alpha value is -3.30. The second-order valence-electron chi connectivity index (χ2n) is 7.09. The van der Waals surface area contributed by atoms with Crippen molar-refractivity contribution in [3.63, 3.8) is 0 Å². The second kappa shape index (κ2) is 6.64. The van der Waals surface area contributed by atoms with Crippen LogP contribution in [-0.4, -0.2) is 29.0 Å². The van der Waals surface area contributed by atoms with Gasteiger partial charge < -0.3 is 20.4 Å². The summed E-state index contributed by atoms with van der Waals surface area (Å²) in [4.78, 5) is 27.9. The molecule has 1 aromatic heterocycles. The van der Waals surface area contributed by atoms with Crippen LogP contribution in [0, 0.1) is 11.7 Å². The lowest BCUT2D eigenvalue weighted by Crippen LogP contribution is -2.43. The minimum Gasteiger partial charge on any atom is -0.462 e. The number of benzene rings is 1. The first-order valence-electron chi connectivity index (χ1n) is 8.80. The Labute approximate surface area is 163 Å². The first-order chi connectivity index (χ1) is 13.7. The van der Waals surface area contributed by atoms with E-state index in [0.29, 0.717) is 0 Å². The van der Waals surface area contributed by atoms with Crippen LogP contribution < -0.4 is 16.6 Å². The van der Waals surface area contributed by atoms with Gasteiger partial charge in [0.1, 0.15) is 11.9 Å². The molecular formula is C19H17F3N4O3. The van der Waals surface area contributed by atoms with Gasteiger partial charge in [0.05, 0.1) is 0 Å². The molecule has 1 aromatic carbocycles. The molecule has 3 atom stereocenters. The van der Waals surface area contributed by atoms with Crippen LogP contribution in [0.3, 0.4) is 0 Å². The summed E-state index contributed by atoms with van der Waals surface area (Å²) >= 11 is 0. The van der Waals surface area contributed by atoms with E-state index in [2.05, 4.69) is 10.3 Å². The van der Waals surface area contributed by atoms with Crippen molar-refractivity contribution in [2.75, 3.05) is 5.32 Å². The fourth-order valence-electron chi connectivity index (χ4n) is 3.60. The summed E-state index contributed by atoms with van der Waals surface area (Å²) in [6, 6.07) is 5.50. The minimum atomic E-state index is -3.03. The number of nitrogens with two attached hydrogens (primary N) is 1. The lowest BCUT2D eigenvalue weighted by atomic mass is 9.84. The quantitative estimate of drug-likeness (QED) is 0.811. The van der Waals surface area contributed by atoms with Gasteiger partial charge in [-0.05, 0) is 30.7 Å². The van der Waals surface area contributed by atoms with Crippen molar-refractivity contribution in [1.82, 2.24) is 4.57 Å². The topological polar surface area (TPSA) is 98.7 Å². The van der Waals surface area contributed by atoms with Gasteiger partial charge in [0.2, 0.25) is 0 Å². The maximum Gasteiger partial charge on any atom is 0.283 e. The number of nitrogens with zero attached hydrogens (tertiary/aromatic N) is 2. The summed E-state index contributed by atoms with van der Waals surface area (Å²) in [5.74, 6) is -2.24. The number of amides is 1. The molecule has 152 valence electrons. The van der Waals surface area contributed by atoms with Crippen molar-refractivity contribution in [3.8, 4) is 0 Å². The molecule has 0 bridgehead atoms. The fourth-order valence-corrected chi connectivity index (χ4v) is 3.60. The molecule has 4 rings (SSSR count). The molecule has 3 N–H and O–H groups in total. The molecule has 1 fully saturated rings. The third-order valence-electron chi connectivity index (χ3n) is 5.22. The van der Waals surface area contributed by atoms with Crippen molar-refractivity contribution >= 4 is 17.6 Å². The van der Waals surface area contributed by atoms with E-state index >= 15 is 0 Å². The van der Waals surface area contributed by atoms with Gasteiger partial charge in [-0.2, -0.15) is 0 Å². The minimum absolute atomic E-state index is 0.0816. The number of nitrogens with one attached hydrogen (secondary N) is 1. The molecule has 0 radical (unpaired) electrons. The van der Waals surface area contributed by atoms with Gasteiger partial charge in [0.15, 0.2) is 5.54 Å². The molecule has 1 saturated carbocycles. The van der Waals surface area contributed by atoms with Gasteiger partial charge >= 0.3 is 0 Å². The highest BCUT2D eigenvalue weighted by Gasteiger charge is 2.64. The van der Waals surface area contributed by atoms with E-state index in [1.54, 1.807) is 0 Å². The maximum atomic E-state index is 14.6. The number of hydrogen-bond acceptors (Lipinski definition) is 5. The summed E-state index contributed by atoms with van der Waals surface area (Å²) in [6.07, 6.45) is -1.87. The Balaban J connectivity index is 1.71. The highest BCUT2D eigenvalue weighted by Crippen LogP contribution is 2.56. The number of rotatable bonds is 4. The van der Waals surface area contributed by atoms with Crippen molar-refractivity contribution in [2.45, 2.75) is 24.5 Å². The SMILES string of the molecule is Cn1ccc(C(=O)Nc2ccc(F)c([C@@]3(C(F)F)N=C(N)O[C@@H]4C[C@@H]43)c2)cc1=O. The standard InChI is InChI=1S/C19H17F3N4O3/c1-26-5-4-9(6-15(26)27)16(28)24-10-2-3-13(20)11(7-10)19(17(21)22)12-8-14(12)29-18(23)25-19/h2-7,12,14,17H,8H2,1H3,(H2,23,25)(H,24,28)/t12-,14+,19+/m0/s1. The van der Waals surface area contributed by atoms with Crippen LogP contribution in [0.5, 0.6) is 0 Å². The summed E-state index contributed by atoms with van der Waals surface area (Å²) in [5, 5.41) is 2.50. The van der Waals surface area contributed by atoms with E-state index in [-0.39, 0.29) is 28.8 Å². The molecule has 1 amide bonds. The zero-order valence-electron chi connectivity index (χ0n) is 15.2. The van der Waals surface area contributed by atoms with Gasteiger partial charge in [-0.1, -0.05) is 0 Å². The summed E-state index contributed by atoms with van der Waals surface area (Å²) in [5.41, 5.74) is 2.78. The normalized spacial score (nSPS) is 25.1. The zero-order valence-corrected chi connectivity index (χ0v) is 15.2. The third kappa shape index (κ3) is 3.14. The molecule has 10 heteroatoms. The molecular weight excluding hydrogens is 389 g/mol. The van der Waals surface area contributed by atoms with Crippen molar-refractivity contribution in [3.05, 3.63) is 63.8 Å². The number of aliphatic imine (C=N–C) groups is 1. The lowest BCUT2D eigenvalue weighted by Gasteiger charge is -2.33. The molecule has 2 heterocycles. The van der Waals surface area contributed by atoms with Crippen LogP contribution in [0.4, 0.5) is 18.9 Å². The number of amidine groups is 1. The predicted molar refractivity (Wildman–Crippen MR) is 98.3 cm³/mol. The average Bonchev–Trinajstić information content (AvgIpc) is 3.44. The molecule has 0 saturated heterocycles. The second-order valence-corrected chi connectivity index (χ2v) is 7.09. The molecule has 29 heavy (non-hydrogen) atoms. The van der Waals surface area contributed by atoms with E-state index in [1.165, 1.54) is 29.9 Å². The first-order valence-corrected chi connectivity index (χ1v) is 8.80. The van der Waals surface area contributed by atoms with Crippen LogP contribution in [0.2, 0.25) is 0 Å². The van der Waals surface area contributed by atoms with E-state index in [9.17, 15) is 22.8 Å². The van der Waals surface area contributed by atoms with E-state index < -0.39 is 41.7 Å². The molecule has 0 spiro atoms. The Morgan fingerprint density at radius 3 is 2.83 bits per heavy atom. The third-order valence-corrected chi connectivity index (χ3v) is 5.22. The number of ether oxygens (including phenoxy) is 1. The van der Waals surface area contributed by atoms with Crippen LogP contribution in [0.1, 0.15) is 22.3 Å². The zero-order chi connectivity index (χ0) is 20.9. The van der Waals surface area contributed by atoms with Crippen molar-refractivity contribution in [1.29, 1.82) is 0 Å². The van der Waals surface area contributed by atoms with Crippen LogP contribution in [-0.2, 0) is 17.3 Å². The summed E-state index contributed by atoms with van der Waals surface area (Å²) in [6.45, 7) is 0. The molecule has 0 unspecified atom stereocenters. The average molecular weight is 406 g/mol. The van der Waals surface area contributed by atoms with Gasteiger partial charge in [0, 0.05) is 42.0 Å². The van der Waals surface area contributed by atoms with Crippen LogP contribution in [0.15, 0.2) is 46.3 Å². The Morgan fingerprint density at radius 1 is 1.38 bits per heavy atom. The first kappa shape index (κ1) is 19.0. The van der Waals surface area contributed by atoms with Gasteiger partial charge in [0.25, 0.3) is 23.9 Å². The Kier molecular flexibility index (Phi) is 4.36. The molecule has 1 aliphatic carbocycles. The summed E-state index contributed by atoms with van der Waals surface area (Å²) in [7, 11) is 1.53. The summed E-state index contributed by atoms with van der Waals surface area (Å²) < 4.78 is 49.3. The Morgan fingerprint density at radius 2 is 2.14 bits per heavy atom. The number of halogens is 3. The number of anilines is 1. The van der Waals surface area contributed by atoms with Crippen molar-refractivity contribution in [2.24, 2.45) is 23.7 Å². The maximum absolute atomic E-state index is 14.6. The smallest absolute Gasteiger partial charge is 0.283 e. The fraction of sp³-hybridized carbons (Fsp3) is 0.316. The number of carbonyl (C=O) groups excluding carboxylic acids is 1. The van der Waals surface area contributed by atoms with Gasteiger partial charge in [-0.3, -0.25) is 9.59 Å². The number of pyridine rings is 1. The van der Waals surface area contributed by atoms with Crippen molar-refractivity contribution < 1.29 is 22.7 Å². The van der Waals surface area contributed by atoms with Gasteiger partial charge in [-0.25, -0.2) is 18.2 Å². The van der Waals surface area contributed by atoms with E-state index in [0.717, 1.165) is 18.2 Å². The molecule has 2 aromatic rings. The van der Waals surface area contributed by atoms with Gasteiger partial charge in [-0.15, -0.1) is 0 Å². The predicted octanol–water partition coefficient (Wildman–Crippen LogP) is 1.97. The number of hydrogen-bond donors (Lipinski definition) is 2. The highest BCUT2D eigenvalue weighted by molar-refractivity contribution is 6.04. The number of aryl methyl sites for hydroxylation is 1. The number of carbonyl (C=O) groups is 1. The largest absolute Gasteiger partial charge is 0.462 e. The molecule has 1 aliphatic heterocycles. The van der Waals surface area contributed by atoms with Crippen LogP contribution >= 0.6 is 0 Å². The number of alkyl halides is 2. The number of fused-ring (bicyclic) bond motifs is 1. The highest BCUT2D eigenvalue weighted by atomic mass is 19.3. The Bertz CT molecular complexity index is 1080.